The first-order valence-electron chi connectivity index (χ1n) is 6.97. The molecule has 1 aromatic rings. The maximum absolute atomic E-state index is 12.3. The Morgan fingerprint density at radius 1 is 1.30 bits per heavy atom. The van der Waals surface area contributed by atoms with Crippen molar-refractivity contribution in [2.24, 2.45) is 11.8 Å². The molecular formula is C15H20N2O3. The van der Waals surface area contributed by atoms with Gasteiger partial charge in [0.05, 0.1) is 5.56 Å². The minimum absolute atomic E-state index is 0.0416. The van der Waals surface area contributed by atoms with Crippen molar-refractivity contribution < 1.29 is 14.7 Å². The summed E-state index contributed by atoms with van der Waals surface area (Å²) in [6, 6.07) is 2.91. The maximum Gasteiger partial charge on any atom is 0.354 e. The van der Waals surface area contributed by atoms with E-state index in [9.17, 15) is 9.59 Å². The Morgan fingerprint density at radius 3 is 2.40 bits per heavy atom. The van der Waals surface area contributed by atoms with Gasteiger partial charge in [-0.2, -0.15) is 0 Å². The molecule has 1 aromatic heterocycles. The highest BCUT2D eigenvalue weighted by molar-refractivity contribution is 5.94. The smallest absolute Gasteiger partial charge is 0.354 e. The fraction of sp³-hybridized carbons (Fsp3) is 0.533. The van der Waals surface area contributed by atoms with Gasteiger partial charge in [0.1, 0.15) is 5.69 Å². The van der Waals surface area contributed by atoms with E-state index in [-0.39, 0.29) is 11.6 Å². The first-order valence-corrected chi connectivity index (χ1v) is 6.97. The van der Waals surface area contributed by atoms with Crippen LogP contribution in [0.5, 0.6) is 0 Å². The van der Waals surface area contributed by atoms with Crippen molar-refractivity contribution in [3.63, 3.8) is 0 Å². The van der Waals surface area contributed by atoms with Gasteiger partial charge >= 0.3 is 5.97 Å². The van der Waals surface area contributed by atoms with Crippen LogP contribution in [0, 0.1) is 11.8 Å². The van der Waals surface area contributed by atoms with Crippen LogP contribution in [0.4, 0.5) is 0 Å². The monoisotopic (exact) mass is 276 g/mol. The lowest BCUT2D eigenvalue weighted by Gasteiger charge is -2.33. The summed E-state index contributed by atoms with van der Waals surface area (Å²) >= 11 is 0. The second kappa shape index (κ2) is 6.03. The van der Waals surface area contributed by atoms with Crippen LogP contribution in [-0.2, 0) is 0 Å². The van der Waals surface area contributed by atoms with E-state index in [2.05, 4.69) is 18.8 Å². The van der Waals surface area contributed by atoms with E-state index < -0.39 is 5.97 Å². The number of carboxylic acid groups (broad SMARTS) is 1. The van der Waals surface area contributed by atoms with Crippen molar-refractivity contribution in [1.82, 2.24) is 9.88 Å². The van der Waals surface area contributed by atoms with Crippen LogP contribution in [0.25, 0.3) is 0 Å². The van der Waals surface area contributed by atoms with Crippen molar-refractivity contribution in [2.75, 3.05) is 13.1 Å². The van der Waals surface area contributed by atoms with Gasteiger partial charge in [-0.25, -0.2) is 9.78 Å². The number of aromatic nitrogens is 1. The number of rotatable bonds is 3. The highest BCUT2D eigenvalue weighted by Crippen LogP contribution is 2.25. The summed E-state index contributed by atoms with van der Waals surface area (Å²) in [5, 5.41) is 8.79. The van der Waals surface area contributed by atoms with Crippen molar-refractivity contribution >= 4 is 11.9 Å². The van der Waals surface area contributed by atoms with Crippen LogP contribution in [0.15, 0.2) is 18.3 Å². The lowest BCUT2D eigenvalue weighted by Crippen LogP contribution is -2.39. The fourth-order valence-corrected chi connectivity index (χ4v) is 2.60. The lowest BCUT2D eigenvalue weighted by atomic mass is 9.86. The van der Waals surface area contributed by atoms with Crippen LogP contribution >= 0.6 is 0 Å². The average molecular weight is 276 g/mol. The molecule has 108 valence electrons. The summed E-state index contributed by atoms with van der Waals surface area (Å²) in [7, 11) is 0. The Morgan fingerprint density at radius 2 is 1.95 bits per heavy atom. The molecule has 0 radical (unpaired) electrons. The van der Waals surface area contributed by atoms with Gasteiger partial charge in [-0.3, -0.25) is 4.79 Å². The minimum Gasteiger partial charge on any atom is -0.477 e. The molecule has 1 fully saturated rings. The third-order valence-corrected chi connectivity index (χ3v) is 4.00. The number of carboxylic acids is 1. The summed E-state index contributed by atoms with van der Waals surface area (Å²) in [5.41, 5.74) is 0.415. The zero-order valence-corrected chi connectivity index (χ0v) is 11.9. The molecule has 0 spiro atoms. The van der Waals surface area contributed by atoms with Crippen LogP contribution < -0.4 is 0 Å². The molecule has 0 unspecified atom stereocenters. The highest BCUT2D eigenvalue weighted by Gasteiger charge is 2.25. The van der Waals surface area contributed by atoms with E-state index in [1.807, 2.05) is 4.90 Å². The standard InChI is InChI=1S/C15H20N2O3/c1-10(2)11-5-7-17(8-6-11)14(18)12-3-4-13(15(19)20)16-9-12/h3-4,9-11H,5-8H2,1-2H3,(H,19,20). The van der Waals surface area contributed by atoms with Gasteiger partial charge in [0.2, 0.25) is 0 Å². The highest BCUT2D eigenvalue weighted by atomic mass is 16.4. The number of carbonyl (C=O) groups excluding carboxylic acids is 1. The second-order valence-corrected chi connectivity index (χ2v) is 5.61. The number of hydrogen-bond acceptors (Lipinski definition) is 3. The molecule has 20 heavy (non-hydrogen) atoms. The Hall–Kier alpha value is -1.91. The Kier molecular flexibility index (Phi) is 4.37. The first kappa shape index (κ1) is 14.5. The van der Waals surface area contributed by atoms with Crippen molar-refractivity contribution in [3.8, 4) is 0 Å². The predicted molar refractivity (Wildman–Crippen MR) is 74.7 cm³/mol. The van der Waals surface area contributed by atoms with Crippen molar-refractivity contribution in [1.29, 1.82) is 0 Å². The topological polar surface area (TPSA) is 70.5 Å². The summed E-state index contributed by atoms with van der Waals surface area (Å²) < 4.78 is 0. The van der Waals surface area contributed by atoms with E-state index >= 15 is 0 Å². The minimum atomic E-state index is -1.08. The van der Waals surface area contributed by atoms with E-state index in [1.165, 1.54) is 18.3 Å². The number of nitrogens with zero attached hydrogens (tertiary/aromatic N) is 2. The molecule has 1 saturated heterocycles. The van der Waals surface area contributed by atoms with Gasteiger partial charge in [-0.05, 0) is 36.8 Å². The first-order chi connectivity index (χ1) is 9.49. The Labute approximate surface area is 118 Å². The Bertz CT molecular complexity index is 488. The van der Waals surface area contributed by atoms with Crippen molar-refractivity contribution in [2.45, 2.75) is 26.7 Å². The number of likely N-dealkylation sites (tertiary alicyclic amines) is 1. The van der Waals surface area contributed by atoms with E-state index in [0.29, 0.717) is 17.4 Å². The SMILES string of the molecule is CC(C)C1CCN(C(=O)c2ccc(C(=O)O)nc2)CC1. The number of hydrogen-bond donors (Lipinski definition) is 1. The van der Waals surface area contributed by atoms with Gasteiger partial charge in [0.15, 0.2) is 0 Å². The number of aromatic carboxylic acids is 1. The molecule has 1 amide bonds. The molecule has 0 aromatic carbocycles. The van der Waals surface area contributed by atoms with Crippen LogP contribution in [0.3, 0.4) is 0 Å². The van der Waals surface area contributed by atoms with Crippen molar-refractivity contribution in [3.05, 3.63) is 29.6 Å². The van der Waals surface area contributed by atoms with E-state index in [1.54, 1.807) is 0 Å². The summed E-state index contributed by atoms with van der Waals surface area (Å²) in [5.74, 6) is 0.203. The molecule has 1 aliphatic rings. The van der Waals surface area contributed by atoms with Crippen LogP contribution in [0.2, 0.25) is 0 Å². The molecule has 1 aliphatic heterocycles. The molecule has 5 heteroatoms. The Balaban J connectivity index is 2.00. The third-order valence-electron chi connectivity index (χ3n) is 4.00. The average Bonchev–Trinajstić information content (AvgIpc) is 2.46. The largest absolute Gasteiger partial charge is 0.477 e. The maximum atomic E-state index is 12.3. The molecule has 0 bridgehead atoms. The van der Waals surface area contributed by atoms with E-state index in [4.69, 9.17) is 5.11 Å². The van der Waals surface area contributed by atoms with Gasteiger partial charge in [0.25, 0.3) is 5.91 Å². The fourth-order valence-electron chi connectivity index (χ4n) is 2.60. The summed E-state index contributed by atoms with van der Waals surface area (Å²) in [6.45, 7) is 5.97. The molecular weight excluding hydrogens is 256 g/mol. The number of amides is 1. The van der Waals surface area contributed by atoms with Crippen LogP contribution in [-0.4, -0.2) is 40.0 Å². The zero-order valence-electron chi connectivity index (χ0n) is 11.9. The number of piperidine rings is 1. The number of pyridine rings is 1. The normalized spacial score (nSPS) is 16.4. The second-order valence-electron chi connectivity index (χ2n) is 5.61. The predicted octanol–water partition coefficient (Wildman–Crippen LogP) is 2.29. The van der Waals surface area contributed by atoms with Gasteiger partial charge in [-0.1, -0.05) is 13.8 Å². The molecule has 0 saturated carbocycles. The van der Waals surface area contributed by atoms with Gasteiger partial charge in [-0.15, -0.1) is 0 Å². The van der Waals surface area contributed by atoms with E-state index in [0.717, 1.165) is 25.9 Å². The lowest BCUT2D eigenvalue weighted by molar-refractivity contribution is 0.0660. The summed E-state index contributed by atoms with van der Waals surface area (Å²) in [6.07, 6.45) is 3.41. The summed E-state index contributed by atoms with van der Waals surface area (Å²) in [4.78, 5) is 28.6. The quantitative estimate of drug-likeness (QED) is 0.919. The van der Waals surface area contributed by atoms with Crippen LogP contribution in [0.1, 0.15) is 47.5 Å². The molecule has 0 atom stereocenters. The molecule has 0 aliphatic carbocycles. The van der Waals surface area contributed by atoms with Gasteiger partial charge < -0.3 is 10.0 Å². The number of carbonyl (C=O) groups is 2. The molecule has 5 nitrogen and oxygen atoms in total. The van der Waals surface area contributed by atoms with Gasteiger partial charge in [0, 0.05) is 19.3 Å². The molecule has 2 rings (SSSR count). The third kappa shape index (κ3) is 3.15. The molecule has 2 heterocycles. The molecule has 1 N–H and O–H groups in total. The zero-order chi connectivity index (χ0) is 14.7.